The first-order valence-electron chi connectivity index (χ1n) is 7.68. The summed E-state index contributed by atoms with van der Waals surface area (Å²) in [4.78, 5) is 4.21. The molecule has 1 aromatic carbocycles. The highest BCUT2D eigenvalue weighted by Gasteiger charge is 2.16. The Hall–Kier alpha value is -2.86. The number of benzene rings is 1. The summed E-state index contributed by atoms with van der Waals surface area (Å²) < 4.78 is 12.7. The fourth-order valence-electron chi connectivity index (χ4n) is 2.57. The summed E-state index contributed by atoms with van der Waals surface area (Å²) in [6, 6.07) is 11.6. The van der Waals surface area contributed by atoms with Crippen LogP contribution >= 0.6 is 0 Å². The maximum absolute atomic E-state index is 5.69. The van der Waals surface area contributed by atoms with Crippen molar-refractivity contribution < 1.29 is 9.47 Å². The molecule has 0 spiro atoms. The Labute approximate surface area is 140 Å². The summed E-state index contributed by atoms with van der Waals surface area (Å²) in [6.07, 6.45) is 4.26. The molecule has 3 aromatic rings. The normalized spacial score (nSPS) is 10.6. The zero-order valence-corrected chi connectivity index (χ0v) is 13.8. The summed E-state index contributed by atoms with van der Waals surface area (Å²) in [7, 11) is 3.27. The Balaban J connectivity index is 2.20. The third-order valence-corrected chi connectivity index (χ3v) is 3.73. The van der Waals surface area contributed by atoms with Gasteiger partial charge in [0.2, 0.25) is 0 Å². The molecule has 0 saturated heterocycles. The number of methoxy groups -OCH3 is 2. The van der Waals surface area contributed by atoms with Crippen LogP contribution in [0.4, 0.5) is 0 Å². The molecule has 2 heterocycles. The first-order chi connectivity index (χ1) is 11.8. The van der Waals surface area contributed by atoms with Crippen LogP contribution in [0, 0.1) is 0 Å². The van der Waals surface area contributed by atoms with Crippen LogP contribution in [0.1, 0.15) is 5.69 Å². The average Bonchev–Trinajstić information content (AvgIpc) is 3.06. The zero-order valence-electron chi connectivity index (χ0n) is 13.8. The monoisotopic (exact) mass is 324 g/mol. The van der Waals surface area contributed by atoms with Gasteiger partial charge in [-0.1, -0.05) is 0 Å². The molecule has 0 saturated carbocycles. The number of pyridine rings is 1. The maximum Gasteiger partial charge on any atom is 0.144 e. The Morgan fingerprint density at radius 2 is 2.00 bits per heavy atom. The Bertz CT molecular complexity index is 815. The van der Waals surface area contributed by atoms with Gasteiger partial charge in [0.25, 0.3) is 0 Å². The van der Waals surface area contributed by atoms with Crippen LogP contribution in [0.5, 0.6) is 11.5 Å². The molecular weight excluding hydrogens is 304 g/mol. The number of hydrogen-bond acceptors (Lipinski definition) is 5. The Morgan fingerprint density at radius 3 is 2.67 bits per heavy atom. The van der Waals surface area contributed by atoms with Crippen molar-refractivity contribution in [3.05, 3.63) is 54.5 Å². The second-order valence-electron chi connectivity index (χ2n) is 5.25. The highest BCUT2D eigenvalue weighted by molar-refractivity contribution is 5.64. The molecule has 2 N–H and O–H groups in total. The molecule has 0 radical (unpaired) electrons. The molecule has 0 aliphatic rings. The van der Waals surface area contributed by atoms with Crippen LogP contribution in [0.2, 0.25) is 0 Å². The second kappa shape index (κ2) is 7.14. The molecule has 0 aliphatic heterocycles. The molecule has 0 bridgehead atoms. The van der Waals surface area contributed by atoms with Gasteiger partial charge in [0.1, 0.15) is 17.2 Å². The van der Waals surface area contributed by atoms with Crippen molar-refractivity contribution in [2.75, 3.05) is 20.8 Å². The molecule has 2 aromatic heterocycles. The zero-order chi connectivity index (χ0) is 16.9. The van der Waals surface area contributed by atoms with Crippen molar-refractivity contribution in [1.29, 1.82) is 0 Å². The van der Waals surface area contributed by atoms with Gasteiger partial charge in [0.15, 0.2) is 0 Å². The molecule has 0 unspecified atom stereocenters. The molecule has 0 fully saturated rings. The Morgan fingerprint density at radius 1 is 1.12 bits per heavy atom. The van der Waals surface area contributed by atoms with Crippen LogP contribution < -0.4 is 15.2 Å². The third kappa shape index (κ3) is 3.09. The number of nitrogens with two attached hydrogens (primary N) is 1. The van der Waals surface area contributed by atoms with E-state index >= 15 is 0 Å². The van der Waals surface area contributed by atoms with E-state index in [0.717, 1.165) is 28.4 Å². The highest BCUT2D eigenvalue weighted by atomic mass is 16.5. The van der Waals surface area contributed by atoms with Crippen molar-refractivity contribution in [1.82, 2.24) is 14.8 Å². The van der Waals surface area contributed by atoms with E-state index < -0.39 is 0 Å². The van der Waals surface area contributed by atoms with Gasteiger partial charge in [0.05, 0.1) is 25.6 Å². The minimum absolute atomic E-state index is 0.540. The second-order valence-corrected chi connectivity index (χ2v) is 5.25. The van der Waals surface area contributed by atoms with Gasteiger partial charge in [-0.05, 0) is 36.9 Å². The topological polar surface area (TPSA) is 75.2 Å². The van der Waals surface area contributed by atoms with E-state index in [1.165, 1.54) is 0 Å². The lowest BCUT2D eigenvalue weighted by molar-refractivity contribution is 0.400. The summed E-state index contributed by atoms with van der Waals surface area (Å²) >= 11 is 0. The quantitative estimate of drug-likeness (QED) is 0.754. The number of rotatable bonds is 6. The van der Waals surface area contributed by atoms with Gasteiger partial charge in [-0.3, -0.25) is 4.98 Å². The minimum Gasteiger partial charge on any atom is -0.497 e. The number of ether oxygens (including phenoxy) is 2. The van der Waals surface area contributed by atoms with E-state index in [1.54, 1.807) is 20.4 Å². The molecule has 0 amide bonds. The summed E-state index contributed by atoms with van der Waals surface area (Å²) in [5, 5.41) is 4.70. The lowest BCUT2D eigenvalue weighted by Crippen LogP contribution is -2.05. The molecule has 6 nitrogen and oxygen atoms in total. The number of hydrogen-bond donors (Lipinski definition) is 1. The predicted molar refractivity (Wildman–Crippen MR) is 92.7 cm³/mol. The van der Waals surface area contributed by atoms with Gasteiger partial charge >= 0.3 is 0 Å². The molecular formula is C18H20N4O2. The summed E-state index contributed by atoms with van der Waals surface area (Å²) in [5.74, 6) is 1.45. The summed E-state index contributed by atoms with van der Waals surface area (Å²) in [5.41, 5.74) is 9.31. The van der Waals surface area contributed by atoms with Crippen LogP contribution in [-0.2, 0) is 6.42 Å². The van der Waals surface area contributed by atoms with Gasteiger partial charge in [-0.2, -0.15) is 5.10 Å². The fourth-order valence-corrected chi connectivity index (χ4v) is 2.57. The van der Waals surface area contributed by atoms with Crippen molar-refractivity contribution in [3.63, 3.8) is 0 Å². The average molecular weight is 324 g/mol. The standard InChI is InChI=1S/C18H20N4O2/c1-23-15-5-6-18(24-2)17(11-15)22-16(10-14(21-22)7-8-19)13-4-3-9-20-12-13/h3-6,9-12H,7-8,19H2,1-2H3. The van der Waals surface area contributed by atoms with Crippen molar-refractivity contribution in [2.24, 2.45) is 5.73 Å². The van der Waals surface area contributed by atoms with E-state index in [2.05, 4.69) is 4.98 Å². The lowest BCUT2D eigenvalue weighted by Gasteiger charge is -2.13. The van der Waals surface area contributed by atoms with Crippen molar-refractivity contribution in [2.45, 2.75) is 6.42 Å². The third-order valence-electron chi connectivity index (χ3n) is 3.73. The molecule has 3 rings (SSSR count). The fraction of sp³-hybridized carbons (Fsp3) is 0.222. The predicted octanol–water partition coefficient (Wildman–Crippen LogP) is 2.45. The first-order valence-corrected chi connectivity index (χ1v) is 7.68. The molecule has 0 aliphatic carbocycles. The smallest absolute Gasteiger partial charge is 0.144 e. The van der Waals surface area contributed by atoms with Gasteiger partial charge in [-0.15, -0.1) is 0 Å². The number of aromatic nitrogens is 3. The van der Waals surface area contributed by atoms with E-state index in [9.17, 15) is 0 Å². The van der Waals surface area contributed by atoms with E-state index in [4.69, 9.17) is 20.3 Å². The van der Waals surface area contributed by atoms with E-state index in [0.29, 0.717) is 18.7 Å². The van der Waals surface area contributed by atoms with Crippen LogP contribution in [0.3, 0.4) is 0 Å². The van der Waals surface area contributed by atoms with Gasteiger partial charge in [-0.25, -0.2) is 4.68 Å². The number of nitrogens with zero attached hydrogens (tertiary/aromatic N) is 3. The maximum atomic E-state index is 5.69. The van der Waals surface area contributed by atoms with Crippen LogP contribution in [0.15, 0.2) is 48.8 Å². The SMILES string of the molecule is COc1ccc(OC)c(-n2nc(CCN)cc2-c2cccnc2)c1. The highest BCUT2D eigenvalue weighted by Crippen LogP contribution is 2.31. The van der Waals surface area contributed by atoms with E-state index in [-0.39, 0.29) is 0 Å². The molecule has 24 heavy (non-hydrogen) atoms. The van der Waals surface area contributed by atoms with Crippen LogP contribution in [0.25, 0.3) is 16.9 Å². The van der Waals surface area contributed by atoms with Crippen molar-refractivity contribution in [3.8, 4) is 28.4 Å². The largest absolute Gasteiger partial charge is 0.497 e. The van der Waals surface area contributed by atoms with Crippen molar-refractivity contribution >= 4 is 0 Å². The van der Waals surface area contributed by atoms with Crippen LogP contribution in [-0.4, -0.2) is 35.5 Å². The van der Waals surface area contributed by atoms with E-state index in [1.807, 2.05) is 47.3 Å². The summed E-state index contributed by atoms with van der Waals surface area (Å²) in [6.45, 7) is 0.540. The molecule has 6 heteroatoms. The van der Waals surface area contributed by atoms with Gasteiger partial charge < -0.3 is 15.2 Å². The minimum atomic E-state index is 0.540. The van der Waals surface area contributed by atoms with Gasteiger partial charge in [0, 0.05) is 30.4 Å². The lowest BCUT2D eigenvalue weighted by atomic mass is 10.1. The molecule has 124 valence electrons. The molecule has 0 atom stereocenters. The Kier molecular flexibility index (Phi) is 4.77. The first kappa shape index (κ1) is 16.0.